The third-order valence-electron chi connectivity index (χ3n) is 8.11. The monoisotopic (exact) mass is 484 g/mol. The molecule has 3 aliphatic heterocycles. The topological polar surface area (TPSA) is 95.7 Å². The molecule has 0 spiro atoms. The lowest BCUT2D eigenvalue weighted by molar-refractivity contribution is -0.140. The Morgan fingerprint density at radius 2 is 1.89 bits per heavy atom. The summed E-state index contributed by atoms with van der Waals surface area (Å²) in [7, 11) is 0. The summed E-state index contributed by atoms with van der Waals surface area (Å²) in [6.07, 6.45) is 4.08. The van der Waals surface area contributed by atoms with Crippen molar-refractivity contribution >= 4 is 11.8 Å². The van der Waals surface area contributed by atoms with E-state index >= 15 is 0 Å². The van der Waals surface area contributed by atoms with Crippen molar-refractivity contribution in [1.82, 2.24) is 19.4 Å². The fraction of sp³-hybridized carbons (Fsp3) is 0.357. The lowest BCUT2D eigenvalue weighted by Gasteiger charge is -2.38. The predicted octanol–water partition coefficient (Wildman–Crippen LogP) is 2.01. The minimum atomic E-state index is -0.619. The van der Waals surface area contributed by atoms with Gasteiger partial charge in [-0.1, -0.05) is 30.3 Å². The highest BCUT2D eigenvalue weighted by Crippen LogP contribution is 2.49. The molecule has 3 aromatic rings. The van der Waals surface area contributed by atoms with E-state index in [-0.39, 0.29) is 30.5 Å². The average molecular weight is 485 g/mol. The second-order valence-corrected chi connectivity index (χ2v) is 9.92. The van der Waals surface area contributed by atoms with Crippen LogP contribution in [0, 0.1) is 11.8 Å². The fourth-order valence-electron chi connectivity index (χ4n) is 6.45. The zero-order valence-corrected chi connectivity index (χ0v) is 20.1. The van der Waals surface area contributed by atoms with Gasteiger partial charge in [0.25, 0.3) is 5.56 Å². The first-order chi connectivity index (χ1) is 17.5. The number of benzene rings is 1. The van der Waals surface area contributed by atoms with Crippen LogP contribution in [0.2, 0.25) is 0 Å². The molecule has 2 amide bonds. The van der Waals surface area contributed by atoms with Crippen LogP contribution in [-0.2, 0) is 29.1 Å². The van der Waals surface area contributed by atoms with Crippen LogP contribution in [0.3, 0.4) is 0 Å². The van der Waals surface area contributed by atoms with Gasteiger partial charge in [-0.3, -0.25) is 19.4 Å². The third-order valence-corrected chi connectivity index (χ3v) is 8.11. The van der Waals surface area contributed by atoms with Crippen molar-refractivity contribution < 1.29 is 14.7 Å². The number of nitrogens with zero attached hydrogens (tertiary/aromatic N) is 4. The van der Waals surface area contributed by atoms with E-state index in [1.54, 1.807) is 34.0 Å². The Bertz CT molecular complexity index is 1400. The number of carbonyl (C=O) groups excluding carboxylic acids is 2. The van der Waals surface area contributed by atoms with Crippen LogP contribution >= 0.6 is 0 Å². The van der Waals surface area contributed by atoms with E-state index in [0.29, 0.717) is 24.3 Å². The molecule has 6 rings (SSSR count). The van der Waals surface area contributed by atoms with Crippen LogP contribution < -0.4 is 5.56 Å². The lowest BCUT2D eigenvalue weighted by atomic mass is 9.85. The Labute approximate surface area is 208 Å². The van der Waals surface area contributed by atoms with Crippen molar-refractivity contribution in [2.75, 3.05) is 13.2 Å². The summed E-state index contributed by atoms with van der Waals surface area (Å²) in [5.41, 5.74) is 4.09. The van der Waals surface area contributed by atoms with Crippen molar-refractivity contribution in [3.8, 4) is 11.1 Å². The first-order valence-corrected chi connectivity index (χ1v) is 12.4. The van der Waals surface area contributed by atoms with Crippen molar-refractivity contribution in [3.63, 3.8) is 0 Å². The highest BCUT2D eigenvalue weighted by Gasteiger charge is 2.57. The summed E-state index contributed by atoms with van der Waals surface area (Å²) in [5.74, 6) is -1.30. The van der Waals surface area contributed by atoms with Gasteiger partial charge in [-0.05, 0) is 35.7 Å². The van der Waals surface area contributed by atoms with Gasteiger partial charge in [0.15, 0.2) is 0 Å². The van der Waals surface area contributed by atoms with Crippen molar-refractivity contribution in [2.24, 2.45) is 11.8 Å². The summed E-state index contributed by atoms with van der Waals surface area (Å²) < 4.78 is 1.69. The summed E-state index contributed by atoms with van der Waals surface area (Å²) in [5, 5.41) is 10.5. The molecule has 36 heavy (non-hydrogen) atoms. The molecule has 0 radical (unpaired) electrons. The number of aliphatic hydroxyl groups is 1. The molecule has 1 saturated heterocycles. The Hall–Kier alpha value is -3.78. The average Bonchev–Trinajstić information content (AvgIpc) is 3.16. The second-order valence-electron chi connectivity index (χ2n) is 9.92. The highest BCUT2D eigenvalue weighted by molar-refractivity contribution is 5.84. The van der Waals surface area contributed by atoms with E-state index in [1.807, 2.05) is 35.2 Å². The molecule has 1 fully saturated rings. The zero-order chi connectivity index (χ0) is 25.0. The van der Waals surface area contributed by atoms with Crippen LogP contribution in [0.5, 0.6) is 0 Å². The maximum absolute atomic E-state index is 14.1. The van der Waals surface area contributed by atoms with Gasteiger partial charge in [-0.15, -0.1) is 0 Å². The molecule has 2 bridgehead atoms. The van der Waals surface area contributed by atoms with Gasteiger partial charge in [0.05, 0.1) is 18.0 Å². The van der Waals surface area contributed by atoms with E-state index < -0.39 is 23.9 Å². The molecular formula is C28H28N4O4. The van der Waals surface area contributed by atoms with Gasteiger partial charge in [-0.25, -0.2) is 0 Å². The Balaban J connectivity index is 1.43. The molecule has 184 valence electrons. The minimum Gasteiger partial charge on any atom is -0.396 e. The van der Waals surface area contributed by atoms with Gasteiger partial charge in [0.2, 0.25) is 11.8 Å². The zero-order valence-electron chi connectivity index (χ0n) is 20.1. The molecule has 0 unspecified atom stereocenters. The highest BCUT2D eigenvalue weighted by atomic mass is 16.3. The molecule has 0 aliphatic carbocycles. The molecule has 5 heterocycles. The number of fused-ring (bicyclic) bond motifs is 5. The summed E-state index contributed by atoms with van der Waals surface area (Å²) in [6, 6.07) is 14.3. The van der Waals surface area contributed by atoms with E-state index in [0.717, 1.165) is 17.5 Å². The number of rotatable bonds is 3. The Kier molecular flexibility index (Phi) is 5.48. The van der Waals surface area contributed by atoms with Gasteiger partial charge in [0.1, 0.15) is 0 Å². The van der Waals surface area contributed by atoms with Gasteiger partial charge in [-0.2, -0.15) is 0 Å². The first-order valence-electron chi connectivity index (χ1n) is 12.4. The quantitative estimate of drug-likeness (QED) is 0.614. The van der Waals surface area contributed by atoms with E-state index in [9.17, 15) is 19.5 Å². The van der Waals surface area contributed by atoms with Crippen LogP contribution in [0.1, 0.15) is 29.8 Å². The number of amides is 2. The molecule has 3 aliphatic rings. The number of aromatic nitrogens is 2. The number of pyridine rings is 2. The number of hydrogen-bond acceptors (Lipinski definition) is 5. The number of hydrogen-bond donors (Lipinski definition) is 1. The standard InChI is InChI=1S/C28H28N4O4/c1-17(34)32-24-15-31-23(9-8-21(27(31)35)19-7-4-11-29-13-19)26(32)25(22(24)16-33)28(36)30-12-10-18-5-2-3-6-20(18)14-30/h2-9,11,13,22,24-26,33H,10,12,14-16H2,1H3/t22-,24-,25+,26+/m1/s1. The van der Waals surface area contributed by atoms with Crippen LogP contribution in [-0.4, -0.2) is 55.5 Å². The predicted molar refractivity (Wildman–Crippen MR) is 133 cm³/mol. The van der Waals surface area contributed by atoms with Crippen molar-refractivity contribution in [3.05, 3.63) is 88.1 Å². The van der Waals surface area contributed by atoms with Gasteiger partial charge in [0, 0.05) is 68.3 Å². The van der Waals surface area contributed by atoms with Crippen LogP contribution in [0.15, 0.2) is 65.7 Å². The maximum Gasteiger partial charge on any atom is 0.258 e. The summed E-state index contributed by atoms with van der Waals surface area (Å²) in [4.78, 5) is 48.2. The smallest absolute Gasteiger partial charge is 0.258 e. The number of carbonyl (C=O) groups is 2. The largest absolute Gasteiger partial charge is 0.396 e. The molecule has 1 aromatic carbocycles. The maximum atomic E-state index is 14.1. The van der Waals surface area contributed by atoms with E-state index in [2.05, 4.69) is 11.1 Å². The second kappa shape index (κ2) is 8.71. The van der Waals surface area contributed by atoms with E-state index in [4.69, 9.17) is 0 Å². The molecular weight excluding hydrogens is 456 g/mol. The molecule has 8 heteroatoms. The van der Waals surface area contributed by atoms with Crippen LogP contribution in [0.25, 0.3) is 11.1 Å². The molecule has 1 N–H and O–H groups in total. The fourth-order valence-corrected chi connectivity index (χ4v) is 6.45. The number of aliphatic hydroxyl groups excluding tert-OH is 1. The van der Waals surface area contributed by atoms with Gasteiger partial charge < -0.3 is 19.5 Å². The summed E-state index contributed by atoms with van der Waals surface area (Å²) in [6.45, 7) is 2.61. The van der Waals surface area contributed by atoms with Gasteiger partial charge >= 0.3 is 0 Å². The minimum absolute atomic E-state index is 0.0699. The SMILES string of the molecule is CC(=O)N1[C@@H]2Cn3c(ccc(-c4cccnc4)c3=O)[C@H]1[C@@H](C(=O)N1CCc3ccccc3C1)[C@@H]2CO. The van der Waals surface area contributed by atoms with Crippen LogP contribution in [0.4, 0.5) is 0 Å². The summed E-state index contributed by atoms with van der Waals surface area (Å²) >= 11 is 0. The Morgan fingerprint density at radius 1 is 1.08 bits per heavy atom. The van der Waals surface area contributed by atoms with E-state index in [1.165, 1.54) is 12.5 Å². The Morgan fingerprint density at radius 3 is 2.61 bits per heavy atom. The van der Waals surface area contributed by atoms with Crippen molar-refractivity contribution in [2.45, 2.75) is 38.5 Å². The molecule has 2 aromatic heterocycles. The molecule has 8 nitrogen and oxygen atoms in total. The molecule has 0 saturated carbocycles. The lowest BCUT2D eigenvalue weighted by Crippen LogP contribution is -2.48. The first kappa shape index (κ1) is 22.7. The third kappa shape index (κ3) is 3.39. The molecule has 4 atom stereocenters. The normalized spacial score (nSPS) is 24.3. The van der Waals surface area contributed by atoms with Crippen molar-refractivity contribution in [1.29, 1.82) is 0 Å².